The van der Waals surface area contributed by atoms with Crippen LogP contribution in [-0.4, -0.2) is 0 Å². The number of hydrogen-bond acceptors (Lipinski definition) is 2. The molecule has 8 rings (SSSR count). The number of anilines is 6. The number of fused-ring (bicyclic) bond motifs is 1. The minimum atomic E-state index is -0.415. The molecule has 0 atom stereocenters. The van der Waals surface area contributed by atoms with E-state index in [9.17, 15) is 0 Å². The minimum absolute atomic E-state index is 0.158. The van der Waals surface area contributed by atoms with Crippen molar-refractivity contribution in [2.24, 2.45) is 0 Å². The van der Waals surface area contributed by atoms with Gasteiger partial charge in [-0.2, -0.15) is 0 Å². The molecular weight excluding hydrogens is 660 g/mol. The normalized spacial score (nSPS) is 12.4. The fourth-order valence-corrected chi connectivity index (χ4v) is 6.70. The summed E-state index contributed by atoms with van der Waals surface area (Å²) in [5.74, 6) is 0. The Morgan fingerprint density at radius 2 is 0.878 bits per heavy atom. The summed E-state index contributed by atoms with van der Waals surface area (Å²) < 4.78 is 43.1. The summed E-state index contributed by atoms with van der Waals surface area (Å²) >= 11 is 3.85. The Kier molecular flexibility index (Phi) is 7.02. The summed E-state index contributed by atoms with van der Waals surface area (Å²) in [5.41, 5.74) is 8.38. The zero-order valence-corrected chi connectivity index (χ0v) is 28.0. The summed E-state index contributed by atoms with van der Waals surface area (Å²) in [6.45, 7) is 0. The molecule has 0 aromatic heterocycles. The van der Waals surface area contributed by atoms with Crippen molar-refractivity contribution in [3.8, 4) is 22.3 Å². The van der Waals surface area contributed by atoms with Crippen LogP contribution in [0.3, 0.4) is 0 Å². The molecule has 0 bridgehead atoms. The summed E-state index contributed by atoms with van der Waals surface area (Å²) in [6, 6.07) is 55.9. The number of para-hydroxylation sites is 1. The van der Waals surface area contributed by atoms with E-state index in [1.165, 1.54) is 0 Å². The lowest BCUT2D eigenvalue weighted by atomic mass is 10.0. The van der Waals surface area contributed by atoms with Crippen molar-refractivity contribution in [3.63, 3.8) is 0 Å². The lowest BCUT2D eigenvalue weighted by molar-refractivity contribution is 1.25. The summed E-state index contributed by atoms with van der Waals surface area (Å²) in [6.07, 6.45) is 0. The van der Waals surface area contributed by atoms with Crippen LogP contribution in [0.4, 0.5) is 34.1 Å². The quantitative estimate of drug-likeness (QED) is 0.156. The third-order valence-corrected chi connectivity index (χ3v) is 8.97. The number of nitrogens with zero attached hydrogens (tertiary/aromatic N) is 2. The molecule has 49 heavy (non-hydrogen) atoms. The first-order valence-corrected chi connectivity index (χ1v) is 16.8. The van der Waals surface area contributed by atoms with Crippen LogP contribution in [0, 0.1) is 0 Å². The smallest absolute Gasteiger partial charge is 0.0629 e. The Labute approximate surface area is 303 Å². The van der Waals surface area contributed by atoms with Gasteiger partial charge < -0.3 is 9.80 Å². The summed E-state index contributed by atoms with van der Waals surface area (Å²) in [7, 11) is 0. The number of rotatable bonds is 8. The van der Waals surface area contributed by atoms with Crippen molar-refractivity contribution in [2.75, 3.05) is 9.80 Å². The summed E-state index contributed by atoms with van der Waals surface area (Å²) in [4.78, 5) is 4.37. The molecule has 0 aliphatic carbocycles. The second kappa shape index (κ2) is 13.7. The van der Waals surface area contributed by atoms with E-state index in [1.807, 2.05) is 66.7 Å². The van der Waals surface area contributed by atoms with Gasteiger partial charge in [-0.1, -0.05) is 149 Å². The molecule has 234 valence electrons. The third-order valence-electron chi connectivity index (χ3n) is 8.52. The lowest BCUT2D eigenvalue weighted by Crippen LogP contribution is -2.13. The SMILES string of the molecule is [2H]c1c([2H])c([2H])c(-c2cccc(N(c3cc(Br)cc(N(c4ccccc4)c4ccc(-c5ccccc5)cc4)c3)c3ccc4ccccc4c3)c2)c([2H])c1[2H]. The monoisotopic (exact) mass is 697 g/mol. The zero-order chi connectivity index (χ0) is 37.3. The molecule has 0 heterocycles. The number of hydrogen-bond donors (Lipinski definition) is 0. The number of halogens is 1. The standard InChI is InChI=1S/C46H33BrN2/c47-40-31-45(48(41-20-8-3-9-21-41)42-26-23-37(24-27-42)34-13-4-1-5-14-34)33-46(32-40)49(44-28-25-36-17-10-11-18-38(36)30-44)43-22-12-19-39(29-43)35-15-6-2-7-16-35/h1-33H/i2D,6D,7D,15D,16D. The minimum Gasteiger partial charge on any atom is -0.310 e. The van der Waals surface area contributed by atoms with Crippen LogP contribution in [0.15, 0.2) is 205 Å². The van der Waals surface area contributed by atoms with Gasteiger partial charge in [0.05, 0.1) is 6.85 Å². The van der Waals surface area contributed by atoms with Gasteiger partial charge in [0, 0.05) is 38.6 Å². The van der Waals surface area contributed by atoms with Gasteiger partial charge in [0.25, 0.3) is 0 Å². The Morgan fingerprint density at radius 1 is 0.347 bits per heavy atom. The van der Waals surface area contributed by atoms with Gasteiger partial charge in [-0.25, -0.2) is 0 Å². The topological polar surface area (TPSA) is 6.48 Å². The highest BCUT2D eigenvalue weighted by molar-refractivity contribution is 9.10. The van der Waals surface area contributed by atoms with Gasteiger partial charge in [-0.05, 0) is 99.8 Å². The first-order valence-electron chi connectivity index (χ1n) is 18.5. The van der Waals surface area contributed by atoms with E-state index in [-0.39, 0.29) is 29.7 Å². The molecule has 0 saturated heterocycles. The zero-order valence-electron chi connectivity index (χ0n) is 31.4. The van der Waals surface area contributed by atoms with Crippen molar-refractivity contribution in [1.29, 1.82) is 0 Å². The maximum absolute atomic E-state index is 8.70. The van der Waals surface area contributed by atoms with Crippen LogP contribution < -0.4 is 9.80 Å². The van der Waals surface area contributed by atoms with Gasteiger partial charge in [-0.3, -0.25) is 0 Å². The van der Waals surface area contributed by atoms with Crippen molar-refractivity contribution >= 4 is 60.8 Å². The van der Waals surface area contributed by atoms with Gasteiger partial charge in [0.2, 0.25) is 0 Å². The molecule has 0 amide bonds. The van der Waals surface area contributed by atoms with E-state index in [4.69, 9.17) is 6.85 Å². The molecule has 0 saturated carbocycles. The Morgan fingerprint density at radius 3 is 1.61 bits per heavy atom. The van der Waals surface area contributed by atoms with Crippen LogP contribution >= 0.6 is 15.9 Å². The molecule has 0 N–H and O–H groups in total. The molecule has 0 aliphatic rings. The van der Waals surface area contributed by atoms with E-state index >= 15 is 0 Å². The molecule has 8 aromatic rings. The molecule has 3 heteroatoms. The largest absolute Gasteiger partial charge is 0.310 e. The molecule has 0 radical (unpaired) electrons. The second-order valence-corrected chi connectivity index (χ2v) is 12.6. The molecular formula is C46H33BrN2. The maximum atomic E-state index is 8.70. The van der Waals surface area contributed by atoms with Crippen molar-refractivity contribution in [1.82, 2.24) is 0 Å². The van der Waals surface area contributed by atoms with Crippen LogP contribution in [0.5, 0.6) is 0 Å². The highest BCUT2D eigenvalue weighted by Crippen LogP contribution is 2.43. The maximum Gasteiger partial charge on any atom is 0.0629 e. The van der Waals surface area contributed by atoms with E-state index in [0.29, 0.717) is 5.56 Å². The Bertz CT molecular complexity index is 2600. The van der Waals surface area contributed by atoms with E-state index in [2.05, 4.69) is 123 Å². The van der Waals surface area contributed by atoms with E-state index in [0.717, 1.165) is 60.5 Å². The van der Waals surface area contributed by atoms with Gasteiger partial charge in [0.1, 0.15) is 0 Å². The van der Waals surface area contributed by atoms with Crippen molar-refractivity contribution < 1.29 is 6.85 Å². The summed E-state index contributed by atoms with van der Waals surface area (Å²) in [5, 5.41) is 2.18. The Hall–Kier alpha value is -5.90. The van der Waals surface area contributed by atoms with Crippen LogP contribution in [0.25, 0.3) is 33.0 Å². The molecule has 0 fully saturated rings. The molecule has 0 spiro atoms. The van der Waals surface area contributed by atoms with Crippen LogP contribution in [0.2, 0.25) is 0 Å². The Balaban J connectivity index is 1.31. The van der Waals surface area contributed by atoms with Crippen molar-refractivity contribution in [3.05, 3.63) is 205 Å². The fraction of sp³-hybridized carbons (Fsp3) is 0. The van der Waals surface area contributed by atoms with Gasteiger partial charge >= 0.3 is 0 Å². The third kappa shape index (κ3) is 6.49. The number of benzene rings is 8. The van der Waals surface area contributed by atoms with Gasteiger partial charge in [0.15, 0.2) is 0 Å². The molecule has 0 aliphatic heterocycles. The van der Waals surface area contributed by atoms with Gasteiger partial charge in [-0.15, -0.1) is 0 Å². The average molecular weight is 699 g/mol. The van der Waals surface area contributed by atoms with Crippen molar-refractivity contribution in [2.45, 2.75) is 0 Å². The highest BCUT2D eigenvalue weighted by atomic mass is 79.9. The van der Waals surface area contributed by atoms with E-state index in [1.54, 1.807) is 6.07 Å². The molecule has 2 nitrogen and oxygen atoms in total. The fourth-order valence-electron chi connectivity index (χ4n) is 6.23. The highest BCUT2D eigenvalue weighted by Gasteiger charge is 2.19. The predicted molar refractivity (Wildman–Crippen MR) is 212 cm³/mol. The first kappa shape index (κ1) is 25.2. The first-order chi connectivity index (χ1) is 26.3. The second-order valence-electron chi connectivity index (χ2n) is 11.7. The van der Waals surface area contributed by atoms with E-state index < -0.39 is 6.04 Å². The molecule has 0 unspecified atom stereocenters. The lowest BCUT2D eigenvalue weighted by Gasteiger charge is -2.30. The predicted octanol–water partition coefficient (Wildman–Crippen LogP) is 13.9. The van der Waals surface area contributed by atoms with Crippen LogP contribution in [-0.2, 0) is 0 Å². The van der Waals surface area contributed by atoms with Crippen LogP contribution in [0.1, 0.15) is 6.85 Å². The average Bonchev–Trinajstić information content (AvgIpc) is 3.21. The molecule has 8 aromatic carbocycles.